The van der Waals surface area contributed by atoms with Gasteiger partial charge in [-0.25, -0.2) is 12.8 Å². The van der Waals surface area contributed by atoms with Crippen LogP contribution in [0.1, 0.15) is 5.56 Å². The normalized spacial score (nSPS) is 15.2. The largest absolute Gasteiger partial charge is 0.384 e. The van der Waals surface area contributed by atoms with Crippen LogP contribution < -0.4 is 0 Å². The summed E-state index contributed by atoms with van der Waals surface area (Å²) < 4.78 is 40.0. The third-order valence-electron chi connectivity index (χ3n) is 3.48. The van der Waals surface area contributed by atoms with Crippen molar-refractivity contribution >= 4 is 45.2 Å². The molecule has 1 aromatic carbocycles. The number of benzene rings is 1. The van der Waals surface area contributed by atoms with Gasteiger partial charge in [-0.2, -0.15) is 0 Å². The lowest BCUT2D eigenvalue weighted by atomic mass is 9.98. The van der Waals surface area contributed by atoms with Gasteiger partial charge in [-0.15, -0.1) is 11.3 Å². The summed E-state index contributed by atoms with van der Waals surface area (Å²) in [5.41, 5.74) is -1.31. The van der Waals surface area contributed by atoms with Gasteiger partial charge in [0.05, 0.1) is 5.75 Å². The zero-order chi connectivity index (χ0) is 18.2. The Kier molecular flexibility index (Phi) is 5.76. The summed E-state index contributed by atoms with van der Waals surface area (Å²) in [6.45, 7) is 6.14. The number of hydrogen-bond donors (Lipinski definition) is 1. The lowest BCUT2D eigenvalue weighted by Crippen LogP contribution is -2.41. The molecule has 1 heterocycles. The Balaban J connectivity index is 2.50. The lowest BCUT2D eigenvalue weighted by molar-refractivity contribution is 0.0800. The fraction of sp³-hybridized carbons (Fsp3) is 0.375. The molecule has 0 radical (unpaired) electrons. The molecule has 1 unspecified atom stereocenters. The molecule has 0 fully saturated rings. The van der Waals surface area contributed by atoms with Crippen molar-refractivity contribution in [1.82, 2.24) is 0 Å². The Morgan fingerprint density at radius 1 is 1.29 bits per heavy atom. The van der Waals surface area contributed by atoms with E-state index in [2.05, 4.69) is 15.9 Å². The fourth-order valence-electron chi connectivity index (χ4n) is 2.77. The summed E-state index contributed by atoms with van der Waals surface area (Å²) in [6.07, 6.45) is 0. The molecular weight excluding hydrogens is 431 g/mol. The molecule has 0 amide bonds. The van der Waals surface area contributed by atoms with Crippen molar-refractivity contribution in [2.45, 2.75) is 35.5 Å². The molecule has 0 aliphatic rings. The molecule has 132 valence electrons. The molecule has 0 spiro atoms. The van der Waals surface area contributed by atoms with Crippen LogP contribution in [0.25, 0.3) is 0 Å². The lowest BCUT2D eigenvalue weighted by Gasteiger charge is -2.33. The van der Waals surface area contributed by atoms with Crippen LogP contribution in [0, 0.1) is 5.82 Å². The van der Waals surface area contributed by atoms with Gasteiger partial charge in [0.2, 0.25) is 0 Å². The Hall–Kier alpha value is -0.543. The zero-order valence-corrected chi connectivity index (χ0v) is 17.9. The number of thiophene rings is 1. The molecule has 3 nitrogen and oxygen atoms in total. The van der Waals surface area contributed by atoms with Crippen molar-refractivity contribution < 1.29 is 17.9 Å². The van der Waals surface area contributed by atoms with Crippen molar-refractivity contribution in [3.05, 3.63) is 51.6 Å². The topological polar surface area (TPSA) is 54.4 Å². The summed E-state index contributed by atoms with van der Waals surface area (Å²) in [5.74, 6) is -0.955. The molecule has 0 bridgehead atoms. The molecule has 0 saturated heterocycles. The summed E-state index contributed by atoms with van der Waals surface area (Å²) in [4.78, 5) is 0. The van der Waals surface area contributed by atoms with Gasteiger partial charge in [-0.3, -0.25) is 0 Å². The van der Waals surface area contributed by atoms with E-state index in [1.807, 2.05) is 19.6 Å². The molecule has 0 saturated carbocycles. The summed E-state index contributed by atoms with van der Waals surface area (Å²) in [6, 6.07) is 7.57. The average Bonchev–Trinajstić information content (AvgIpc) is 2.83. The highest BCUT2D eigenvalue weighted by Crippen LogP contribution is 2.37. The predicted molar refractivity (Wildman–Crippen MR) is 103 cm³/mol. The van der Waals surface area contributed by atoms with Gasteiger partial charge in [-0.05, 0) is 51.1 Å². The first-order valence-electron chi connectivity index (χ1n) is 7.37. The summed E-state index contributed by atoms with van der Waals surface area (Å²) >= 11 is 4.34. The third-order valence-corrected chi connectivity index (χ3v) is 9.71. The summed E-state index contributed by atoms with van der Waals surface area (Å²) in [7, 11) is -5.55. The van der Waals surface area contributed by atoms with Gasteiger partial charge in [0.15, 0.2) is 9.84 Å². The van der Waals surface area contributed by atoms with Gasteiger partial charge in [0, 0.05) is 12.5 Å². The molecule has 24 heavy (non-hydrogen) atoms. The number of halogens is 2. The second-order valence-electron chi connectivity index (χ2n) is 7.09. The smallest absolute Gasteiger partial charge is 0.192 e. The highest BCUT2D eigenvalue weighted by Gasteiger charge is 2.40. The first-order chi connectivity index (χ1) is 10.9. The van der Waals surface area contributed by atoms with Crippen molar-refractivity contribution in [1.29, 1.82) is 0 Å². The van der Waals surface area contributed by atoms with Crippen molar-refractivity contribution in [3.63, 3.8) is 0 Å². The highest BCUT2D eigenvalue weighted by molar-refractivity contribution is 9.10. The van der Waals surface area contributed by atoms with E-state index in [0.29, 0.717) is 16.1 Å². The van der Waals surface area contributed by atoms with Gasteiger partial charge in [-0.1, -0.05) is 31.8 Å². The van der Waals surface area contributed by atoms with Crippen molar-refractivity contribution in [2.24, 2.45) is 0 Å². The Bertz CT molecular complexity index is 830. The molecule has 2 rings (SSSR count). The van der Waals surface area contributed by atoms with E-state index < -0.39 is 35.1 Å². The zero-order valence-electron chi connectivity index (χ0n) is 13.7. The second-order valence-corrected chi connectivity index (χ2v) is 16.5. The van der Waals surface area contributed by atoms with Gasteiger partial charge < -0.3 is 5.11 Å². The Labute approximate surface area is 155 Å². The third kappa shape index (κ3) is 4.75. The summed E-state index contributed by atoms with van der Waals surface area (Å²) in [5, 5.41) is 12.9. The maximum atomic E-state index is 13.6. The predicted octanol–water partition coefficient (Wildman–Crippen LogP) is 4.65. The van der Waals surface area contributed by atoms with Crippen LogP contribution in [0.2, 0.25) is 25.7 Å². The Morgan fingerprint density at radius 2 is 1.96 bits per heavy atom. The Morgan fingerprint density at radius 3 is 2.46 bits per heavy atom. The number of rotatable bonds is 6. The maximum Gasteiger partial charge on any atom is 0.192 e. The van der Waals surface area contributed by atoms with E-state index in [-0.39, 0.29) is 4.21 Å². The maximum absolute atomic E-state index is 13.6. The minimum Gasteiger partial charge on any atom is -0.384 e. The first kappa shape index (κ1) is 19.8. The van der Waals surface area contributed by atoms with Crippen LogP contribution in [0.15, 0.2) is 44.4 Å². The van der Waals surface area contributed by atoms with E-state index in [1.54, 1.807) is 17.5 Å². The monoisotopic (exact) mass is 450 g/mol. The van der Waals surface area contributed by atoms with Gasteiger partial charge in [0.25, 0.3) is 0 Å². The van der Waals surface area contributed by atoms with Crippen LogP contribution in [0.4, 0.5) is 4.39 Å². The van der Waals surface area contributed by atoms with Crippen LogP contribution in [0.5, 0.6) is 0 Å². The second kappa shape index (κ2) is 6.99. The van der Waals surface area contributed by atoms with Gasteiger partial charge >= 0.3 is 0 Å². The minimum atomic E-state index is -3.72. The van der Waals surface area contributed by atoms with Crippen LogP contribution in [-0.4, -0.2) is 27.4 Å². The number of hydrogen-bond acceptors (Lipinski definition) is 4. The SMILES string of the molecule is C[Si](C)(C)CC(O)(CS(=O)(=O)c1sccc1Br)c1cccc(F)c1. The van der Waals surface area contributed by atoms with Crippen LogP contribution in [-0.2, 0) is 15.4 Å². The van der Waals surface area contributed by atoms with E-state index in [0.717, 1.165) is 11.3 Å². The molecule has 8 heteroatoms. The molecule has 0 aliphatic heterocycles. The first-order valence-corrected chi connectivity index (χ1v) is 14.4. The van der Waals surface area contributed by atoms with Crippen molar-refractivity contribution in [2.75, 3.05) is 5.75 Å². The minimum absolute atomic E-state index is 0.188. The molecule has 1 atom stereocenters. The van der Waals surface area contributed by atoms with E-state index in [9.17, 15) is 17.9 Å². The van der Waals surface area contributed by atoms with Crippen LogP contribution in [0.3, 0.4) is 0 Å². The molecule has 1 N–H and O–H groups in total. The average molecular weight is 451 g/mol. The molecule has 2 aromatic rings. The van der Waals surface area contributed by atoms with E-state index >= 15 is 0 Å². The number of aliphatic hydroxyl groups is 1. The van der Waals surface area contributed by atoms with Gasteiger partial charge in [0.1, 0.15) is 15.6 Å². The fourth-order valence-corrected chi connectivity index (χ4v) is 9.20. The highest BCUT2D eigenvalue weighted by atomic mass is 79.9. The molecule has 1 aromatic heterocycles. The van der Waals surface area contributed by atoms with E-state index in [4.69, 9.17) is 0 Å². The molecular formula is C16H20BrFO3S2Si. The standard InChI is InChI=1S/C16H20BrFO3S2Si/c1-24(2,3)11-16(19,12-5-4-6-13(18)9-12)10-23(20,21)15-14(17)7-8-22-15/h4-9,19H,10-11H2,1-3H3. The molecule has 0 aliphatic carbocycles. The number of sulfone groups is 1. The van der Waals surface area contributed by atoms with E-state index in [1.165, 1.54) is 18.2 Å². The van der Waals surface area contributed by atoms with Crippen LogP contribution >= 0.6 is 27.3 Å². The van der Waals surface area contributed by atoms with Crippen molar-refractivity contribution in [3.8, 4) is 0 Å². The quantitative estimate of drug-likeness (QED) is 0.651.